The zero-order valence-electron chi connectivity index (χ0n) is 69.0. The first kappa shape index (κ1) is 113. The SMILES string of the molecule is C#CC#CC#CC#CC#CC#CC#CC#CC#CC#CC.CC(C)(C)[Si](C)(C)OCCOCC=O.CCOC(=O)[C@H](Cc1cnc[nH]1)N(CCOCCO[Si](C)(C)C(C)(C)C)CCOCCO[Si](C)(C)C(C)(C)C.COC(=O)[C@@H](N)Cc1cnc[nH]1.O=C(O)[C@H](Cc1cnc[nH]1)N(CCOCCO)CCOCCO.S.S.S. The van der Waals surface area contributed by atoms with Gasteiger partial charge < -0.3 is 87.2 Å². The molecule has 3 heterocycles. The molecule has 32 heteroatoms. The molecule has 3 atom stereocenters. The van der Waals surface area contributed by atoms with Crippen LogP contribution in [0.25, 0.3) is 0 Å². The quantitative estimate of drug-likeness (QED) is 0.0102. The summed E-state index contributed by atoms with van der Waals surface area (Å²) >= 11 is 0. The van der Waals surface area contributed by atoms with Crippen LogP contribution in [0.3, 0.4) is 0 Å². The number of nitrogens with zero attached hydrogens (tertiary/aromatic N) is 5. The molecular weight excluding hydrogens is 1540 g/mol. The molecule has 112 heavy (non-hydrogen) atoms. The van der Waals surface area contributed by atoms with Crippen LogP contribution >= 0.6 is 40.5 Å². The minimum Gasteiger partial charge on any atom is -0.480 e. The number of terminal acetylenes is 1. The second-order valence-corrected chi connectivity index (χ2v) is 42.1. The molecule has 0 aliphatic heterocycles. The highest BCUT2D eigenvalue weighted by Crippen LogP contribution is 2.38. The Labute approximate surface area is 692 Å². The number of aldehydes is 1. The van der Waals surface area contributed by atoms with E-state index in [1.165, 1.54) is 13.4 Å². The Morgan fingerprint density at radius 2 is 0.812 bits per heavy atom. The Balaban J connectivity index is -0.000000451. The van der Waals surface area contributed by atoms with E-state index in [2.05, 4.69) is 254 Å². The minimum atomic E-state index is -1.80. The third-order valence-corrected chi connectivity index (χ3v) is 30.2. The Kier molecular flexibility index (Phi) is 68.6. The van der Waals surface area contributed by atoms with Gasteiger partial charge in [-0.15, -0.1) is 6.42 Å². The van der Waals surface area contributed by atoms with Gasteiger partial charge in [-0.25, -0.2) is 15.0 Å². The fourth-order valence-corrected chi connectivity index (χ4v) is 10.7. The van der Waals surface area contributed by atoms with Gasteiger partial charge in [0.25, 0.3) is 0 Å². The largest absolute Gasteiger partial charge is 0.480 e. The monoisotopic (exact) mass is 1660 g/mol. The van der Waals surface area contributed by atoms with Gasteiger partial charge in [-0.1, -0.05) is 68.2 Å². The maximum Gasteiger partial charge on any atom is 0.323 e. The van der Waals surface area contributed by atoms with Crippen LogP contribution in [0.2, 0.25) is 54.4 Å². The molecule has 0 saturated heterocycles. The number of carbonyl (C=O) groups is 4. The van der Waals surface area contributed by atoms with Gasteiger partial charge in [-0.3, -0.25) is 24.2 Å². The molecule has 8 N–H and O–H groups in total. The summed E-state index contributed by atoms with van der Waals surface area (Å²) < 4.78 is 55.5. The van der Waals surface area contributed by atoms with Gasteiger partial charge in [0.15, 0.2) is 25.0 Å². The molecule has 3 rings (SSSR count). The second-order valence-electron chi connectivity index (χ2n) is 27.7. The van der Waals surface area contributed by atoms with Crippen molar-refractivity contribution in [2.75, 3.05) is 139 Å². The molecule has 3 aromatic rings. The number of aliphatic hydroxyl groups is 2. The van der Waals surface area contributed by atoms with E-state index in [0.29, 0.717) is 112 Å². The third-order valence-electron chi connectivity index (χ3n) is 16.6. The number of aromatic amines is 3. The number of aliphatic carboxylic acids is 1. The number of aliphatic hydroxyl groups excluding tert-OH is 2. The van der Waals surface area contributed by atoms with E-state index in [4.69, 9.17) is 64.1 Å². The average Bonchev–Trinajstić information content (AvgIpc) is 0.972. The van der Waals surface area contributed by atoms with Crippen LogP contribution in [-0.2, 0) is 84.9 Å². The van der Waals surface area contributed by atoms with Gasteiger partial charge in [-0.2, -0.15) is 40.5 Å². The Bertz CT molecular complexity index is 3630. The van der Waals surface area contributed by atoms with Crippen LogP contribution < -0.4 is 5.73 Å². The Morgan fingerprint density at radius 1 is 0.500 bits per heavy atom. The number of ether oxygens (including phenoxy) is 7. The number of hydrogen-bond donors (Lipinski definition) is 7. The van der Waals surface area contributed by atoms with Gasteiger partial charge in [0, 0.05) is 93.0 Å². The zero-order chi connectivity index (χ0) is 82.3. The maximum absolute atomic E-state index is 13.0. The zero-order valence-corrected chi connectivity index (χ0v) is 75.0. The van der Waals surface area contributed by atoms with E-state index >= 15 is 0 Å². The summed E-state index contributed by atoms with van der Waals surface area (Å²) in [4.78, 5) is 69.9. The number of carboxylic acid groups (broad SMARTS) is 1. The van der Waals surface area contributed by atoms with Gasteiger partial charge in [0.05, 0.1) is 125 Å². The van der Waals surface area contributed by atoms with Crippen molar-refractivity contribution in [1.82, 2.24) is 39.7 Å². The number of hydrogen-bond acceptors (Lipinski definition) is 22. The molecule has 0 aromatic carbocycles. The van der Waals surface area contributed by atoms with Crippen LogP contribution in [0.1, 0.15) is 93.2 Å². The smallest absolute Gasteiger partial charge is 0.323 e. The summed E-state index contributed by atoms with van der Waals surface area (Å²) in [6, 6.07) is -1.83. The molecule has 0 radical (unpaired) electrons. The normalized spacial score (nSPS) is 11.2. The molecule has 0 unspecified atom stereocenters. The highest BCUT2D eigenvalue weighted by Gasteiger charge is 2.39. The van der Waals surface area contributed by atoms with Gasteiger partial charge in [-0.05, 0) is 163 Å². The van der Waals surface area contributed by atoms with Crippen LogP contribution in [0.5, 0.6) is 0 Å². The lowest BCUT2D eigenvalue weighted by Gasteiger charge is -2.36. The second kappa shape index (κ2) is 67.9. The molecule has 3 aromatic heterocycles. The number of esters is 2. The highest BCUT2D eigenvalue weighted by molar-refractivity contribution is 7.59. The average molecular weight is 1670 g/mol. The summed E-state index contributed by atoms with van der Waals surface area (Å²) in [5.74, 6) is 45.3. The number of nitrogens with two attached hydrogens (primary N) is 1. The molecule has 0 aliphatic rings. The first-order valence-corrected chi connectivity index (χ1v) is 44.4. The lowest BCUT2D eigenvalue weighted by Crippen LogP contribution is -2.47. The fraction of sp³-hybridized carbons (Fsp3) is 0.588. The predicted molar refractivity (Wildman–Crippen MR) is 461 cm³/mol. The lowest BCUT2D eigenvalue weighted by atomic mass is 10.1. The van der Waals surface area contributed by atoms with Crippen LogP contribution in [-0.4, -0.2) is 261 Å². The number of aromatic nitrogens is 6. The van der Waals surface area contributed by atoms with E-state index in [1.807, 2.05) is 6.92 Å². The first-order valence-electron chi connectivity index (χ1n) is 35.6. The molecule has 26 nitrogen and oxygen atoms in total. The summed E-state index contributed by atoms with van der Waals surface area (Å²) in [5.41, 5.74) is 7.93. The van der Waals surface area contributed by atoms with Crippen molar-refractivity contribution < 1.29 is 80.9 Å². The summed E-state index contributed by atoms with van der Waals surface area (Å²) in [5, 5.41) is 27.5. The van der Waals surface area contributed by atoms with Crippen LogP contribution in [0.15, 0.2) is 37.6 Å². The molecule has 0 aliphatic carbocycles. The number of carboxylic acids is 1. The van der Waals surface area contributed by atoms with Gasteiger partial charge >= 0.3 is 17.9 Å². The van der Waals surface area contributed by atoms with E-state index < -0.39 is 55.0 Å². The van der Waals surface area contributed by atoms with Crippen molar-refractivity contribution in [2.24, 2.45) is 5.73 Å². The molecular formula is C80H125N9O17S3Si3. The predicted octanol–water partition coefficient (Wildman–Crippen LogP) is 6.67. The number of carbonyl (C=O) groups excluding carboxylic acids is 3. The lowest BCUT2D eigenvalue weighted by molar-refractivity contribution is -0.150. The van der Waals surface area contributed by atoms with E-state index in [-0.39, 0.29) is 101 Å². The number of imidazole rings is 3. The topological polar surface area (TPSA) is 340 Å². The Morgan fingerprint density at radius 3 is 1.10 bits per heavy atom. The molecule has 0 fully saturated rings. The first-order chi connectivity index (χ1) is 51.7. The highest BCUT2D eigenvalue weighted by atomic mass is 32.1. The van der Waals surface area contributed by atoms with E-state index in [9.17, 15) is 24.3 Å². The van der Waals surface area contributed by atoms with E-state index in [0.717, 1.165) is 23.4 Å². The minimum absolute atomic E-state index is 0. The van der Waals surface area contributed by atoms with Gasteiger partial charge in [0.1, 0.15) is 31.0 Å². The van der Waals surface area contributed by atoms with Crippen LogP contribution in [0, 0.1) is 119 Å². The van der Waals surface area contributed by atoms with Gasteiger partial charge in [0.2, 0.25) is 0 Å². The molecule has 0 bridgehead atoms. The number of nitrogens with one attached hydrogen (secondary N) is 3. The van der Waals surface area contributed by atoms with Crippen molar-refractivity contribution in [3.8, 4) is 119 Å². The van der Waals surface area contributed by atoms with Crippen molar-refractivity contribution in [1.29, 1.82) is 0 Å². The summed E-state index contributed by atoms with van der Waals surface area (Å²) in [7, 11) is -3.92. The maximum atomic E-state index is 13.0. The summed E-state index contributed by atoms with van der Waals surface area (Å²) in [6.45, 7) is 44.5. The molecule has 0 amide bonds. The van der Waals surface area contributed by atoms with Crippen molar-refractivity contribution in [3.63, 3.8) is 0 Å². The third kappa shape index (κ3) is 57.5. The molecule has 0 spiro atoms. The fourth-order valence-electron chi connectivity index (χ4n) is 7.58. The van der Waals surface area contributed by atoms with E-state index in [1.54, 1.807) is 43.1 Å². The number of methoxy groups -OCH3 is 1. The van der Waals surface area contributed by atoms with Crippen LogP contribution in [0.4, 0.5) is 0 Å². The molecule has 622 valence electrons. The number of rotatable bonds is 42. The number of H-pyrrole nitrogens is 3. The standard InChI is InChI=1S/C28H57N3O6Si2.C21H4.C14H25N3O6.C10H22O3Si.C7H11N3O2.3H2S/c1-12-35-26(32)25(21-24-22-29-23-30-24)31(13-15-33-17-19-36-38(8,9)27(2,3)4)14-16-34-18-20-37-39(10,11)28(5,6)7;1-3-5-7-9-11-13-15-17-19-21-20-18-16-14-12-10-8-6-4-2;18-3-7-22-5-1-17(2-6-23-8-4-19)13(14(20)21)9-12-10-15-11-16-12;1-10(2,3)14(4,5)13-9-8-12-7-6-11;1-12-7(11)6(8)2-5-3-9-4-10-5;;;/h22-23,25H,12-21H2,1-11H3,(H,29,30);1H,2H3;10-11,13,18-19H,1-9H2,(H,15,16)(H,20,21);6H,7-9H2,1-5H3;3-4,6H,2,8H2,1H3,(H,9,10);3*1H2/t25-;;13-;;6-;;;/m0.0.0.../s1. The van der Waals surface area contributed by atoms with Crippen molar-refractivity contribution in [3.05, 3.63) is 54.7 Å². The van der Waals surface area contributed by atoms with Crippen molar-refractivity contribution >= 4 is 89.6 Å². The van der Waals surface area contributed by atoms with Crippen molar-refractivity contribution in [2.45, 2.75) is 168 Å². The Hall–Kier alpha value is -7.51. The summed E-state index contributed by atoms with van der Waals surface area (Å²) in [6.07, 6.45) is 16.5. The molecule has 0 saturated carbocycles.